The first-order valence-electron chi connectivity index (χ1n) is 8.64. The van der Waals surface area contributed by atoms with Crippen LogP contribution in [0.3, 0.4) is 0 Å². The third-order valence-electron chi connectivity index (χ3n) is 4.48. The van der Waals surface area contributed by atoms with Crippen LogP contribution in [-0.4, -0.2) is 36.4 Å². The van der Waals surface area contributed by atoms with E-state index in [2.05, 4.69) is 10.5 Å². The minimum atomic E-state index is -3.74. The van der Waals surface area contributed by atoms with E-state index in [1.165, 1.54) is 16.4 Å². The fourth-order valence-corrected chi connectivity index (χ4v) is 4.76. The van der Waals surface area contributed by atoms with E-state index in [0.29, 0.717) is 29.4 Å². The van der Waals surface area contributed by atoms with Gasteiger partial charge in [-0.15, -0.1) is 0 Å². The fourth-order valence-electron chi connectivity index (χ4n) is 2.95. The van der Waals surface area contributed by atoms with Crippen LogP contribution in [0.25, 0.3) is 0 Å². The van der Waals surface area contributed by atoms with Gasteiger partial charge in [0.25, 0.3) is 5.69 Å². The Balaban J connectivity index is 1.91. The maximum Gasteiger partial charge on any atom is 0.295 e. The normalized spacial score (nSPS) is 15.6. The molecule has 0 aliphatic carbocycles. The number of hydrogen-bond donors (Lipinski definition) is 1. The quantitative estimate of drug-likeness (QED) is 0.432. The molecule has 0 aromatic heterocycles. The molecule has 0 saturated carbocycles. The third kappa shape index (κ3) is 4.16. The number of sulfonamides is 1. The Labute approximate surface area is 168 Å². The number of benzene rings is 2. The first-order chi connectivity index (χ1) is 13.3. The molecule has 0 atom stereocenters. The molecule has 0 amide bonds. The lowest BCUT2D eigenvalue weighted by atomic mass is 10.1. The lowest BCUT2D eigenvalue weighted by molar-refractivity contribution is -0.384. The standard InChI is InChI=1S/C18H19ClN4O4S/c1-13(15-6-2-3-7-16(15)19)20-21-17-9-8-14(12-18(17)23(24)25)28(26,27)22-10-4-5-11-22/h2-3,6-9,12,21H,4-5,10-11H2,1H3/b20-13+. The molecule has 0 radical (unpaired) electrons. The summed E-state index contributed by atoms with van der Waals surface area (Å²) in [6.45, 7) is 2.57. The van der Waals surface area contributed by atoms with Crippen LogP contribution in [0.1, 0.15) is 25.3 Å². The zero-order chi connectivity index (χ0) is 20.3. The zero-order valence-electron chi connectivity index (χ0n) is 15.1. The molecule has 1 heterocycles. The van der Waals surface area contributed by atoms with Gasteiger partial charge in [0.15, 0.2) is 0 Å². The van der Waals surface area contributed by atoms with E-state index in [9.17, 15) is 18.5 Å². The van der Waals surface area contributed by atoms with Gasteiger partial charge in [-0.05, 0) is 38.0 Å². The molecule has 0 unspecified atom stereocenters. The topological polar surface area (TPSA) is 105 Å². The van der Waals surface area contributed by atoms with E-state index in [0.717, 1.165) is 18.9 Å². The Morgan fingerprint density at radius 3 is 2.54 bits per heavy atom. The number of nitro benzene ring substituents is 1. The Kier molecular flexibility index (Phi) is 5.97. The lowest BCUT2D eigenvalue weighted by Crippen LogP contribution is -2.27. The number of nitrogens with zero attached hydrogens (tertiary/aromatic N) is 3. The molecular weight excluding hydrogens is 404 g/mol. The second kappa shape index (κ2) is 8.26. The maximum atomic E-state index is 12.6. The van der Waals surface area contributed by atoms with E-state index in [4.69, 9.17) is 11.6 Å². The van der Waals surface area contributed by atoms with E-state index in [1.54, 1.807) is 31.2 Å². The number of hydrazone groups is 1. The monoisotopic (exact) mass is 422 g/mol. The highest BCUT2D eigenvalue weighted by Crippen LogP contribution is 2.30. The molecule has 3 rings (SSSR count). The smallest absolute Gasteiger partial charge is 0.271 e. The molecule has 148 valence electrons. The van der Waals surface area contributed by atoms with Crippen LogP contribution in [0.15, 0.2) is 52.5 Å². The molecule has 1 saturated heterocycles. The van der Waals surface area contributed by atoms with E-state index < -0.39 is 14.9 Å². The van der Waals surface area contributed by atoms with Crippen molar-refractivity contribution in [3.8, 4) is 0 Å². The van der Waals surface area contributed by atoms with Crippen LogP contribution in [0.4, 0.5) is 11.4 Å². The van der Waals surface area contributed by atoms with Crippen LogP contribution in [0, 0.1) is 10.1 Å². The Bertz CT molecular complexity index is 1030. The van der Waals surface area contributed by atoms with Crippen LogP contribution >= 0.6 is 11.6 Å². The van der Waals surface area contributed by atoms with Gasteiger partial charge in [-0.2, -0.15) is 9.41 Å². The SMILES string of the molecule is C/C(=N\Nc1ccc(S(=O)(=O)N2CCCC2)cc1[N+](=O)[O-])c1ccccc1Cl. The minimum absolute atomic E-state index is 0.0942. The van der Waals surface area contributed by atoms with Gasteiger partial charge < -0.3 is 0 Å². The van der Waals surface area contributed by atoms with Gasteiger partial charge in [-0.1, -0.05) is 29.8 Å². The van der Waals surface area contributed by atoms with Gasteiger partial charge in [-0.25, -0.2) is 8.42 Å². The number of anilines is 1. The number of hydrogen-bond acceptors (Lipinski definition) is 6. The summed E-state index contributed by atoms with van der Waals surface area (Å²) in [6.07, 6.45) is 1.58. The van der Waals surface area contributed by atoms with Crippen molar-refractivity contribution in [2.24, 2.45) is 5.10 Å². The van der Waals surface area contributed by atoms with E-state index in [1.807, 2.05) is 0 Å². The van der Waals surface area contributed by atoms with Crippen molar-refractivity contribution < 1.29 is 13.3 Å². The first kappa shape index (κ1) is 20.2. The molecule has 28 heavy (non-hydrogen) atoms. The summed E-state index contributed by atoms with van der Waals surface area (Å²) in [6, 6.07) is 10.9. The van der Waals surface area contributed by atoms with Crippen molar-refractivity contribution in [1.29, 1.82) is 0 Å². The van der Waals surface area contributed by atoms with Crippen LogP contribution in [-0.2, 0) is 10.0 Å². The summed E-state index contributed by atoms with van der Waals surface area (Å²) in [5.41, 5.74) is 3.60. The highest BCUT2D eigenvalue weighted by molar-refractivity contribution is 7.89. The molecular formula is C18H19ClN4O4S. The van der Waals surface area contributed by atoms with E-state index in [-0.39, 0.29) is 16.3 Å². The van der Waals surface area contributed by atoms with Crippen LogP contribution in [0.2, 0.25) is 5.02 Å². The van der Waals surface area contributed by atoms with Gasteiger partial charge >= 0.3 is 0 Å². The van der Waals surface area contributed by atoms with Crippen molar-refractivity contribution >= 4 is 38.7 Å². The minimum Gasteiger partial charge on any atom is -0.271 e. The summed E-state index contributed by atoms with van der Waals surface area (Å²) >= 11 is 6.13. The number of rotatable bonds is 6. The Morgan fingerprint density at radius 1 is 1.21 bits per heavy atom. The summed E-state index contributed by atoms with van der Waals surface area (Å²) in [7, 11) is -3.74. The van der Waals surface area contributed by atoms with Gasteiger partial charge in [0.05, 0.1) is 15.5 Å². The summed E-state index contributed by atoms with van der Waals surface area (Å²) in [5.74, 6) is 0. The predicted molar refractivity (Wildman–Crippen MR) is 108 cm³/mol. The van der Waals surface area contributed by atoms with Crippen molar-refractivity contribution in [3.63, 3.8) is 0 Å². The number of nitro groups is 1. The Morgan fingerprint density at radius 2 is 1.89 bits per heavy atom. The van der Waals surface area contributed by atoms with Crippen molar-refractivity contribution in [2.45, 2.75) is 24.7 Å². The molecule has 8 nitrogen and oxygen atoms in total. The molecule has 0 bridgehead atoms. The number of halogens is 1. The van der Waals surface area contributed by atoms with Gasteiger partial charge in [-0.3, -0.25) is 15.5 Å². The van der Waals surface area contributed by atoms with Gasteiger partial charge in [0.2, 0.25) is 10.0 Å². The van der Waals surface area contributed by atoms with Gasteiger partial charge in [0, 0.05) is 29.7 Å². The molecule has 0 spiro atoms. The van der Waals surface area contributed by atoms with E-state index >= 15 is 0 Å². The first-order valence-corrected chi connectivity index (χ1v) is 10.5. The molecule has 10 heteroatoms. The molecule has 2 aromatic rings. The summed E-state index contributed by atoms with van der Waals surface area (Å²) in [5, 5.41) is 16.1. The fraction of sp³-hybridized carbons (Fsp3) is 0.278. The lowest BCUT2D eigenvalue weighted by Gasteiger charge is -2.15. The van der Waals surface area contributed by atoms with Crippen molar-refractivity contribution in [1.82, 2.24) is 4.31 Å². The zero-order valence-corrected chi connectivity index (χ0v) is 16.7. The van der Waals surface area contributed by atoms with Crippen molar-refractivity contribution in [3.05, 3.63) is 63.2 Å². The predicted octanol–water partition coefficient (Wildman–Crippen LogP) is 3.87. The second-order valence-corrected chi connectivity index (χ2v) is 8.68. The van der Waals surface area contributed by atoms with Gasteiger partial charge in [0.1, 0.15) is 5.69 Å². The molecule has 1 aliphatic heterocycles. The van der Waals surface area contributed by atoms with Crippen LogP contribution in [0.5, 0.6) is 0 Å². The summed E-state index contributed by atoms with van der Waals surface area (Å²) in [4.78, 5) is 10.7. The number of nitrogens with one attached hydrogen (secondary N) is 1. The molecule has 1 aliphatic rings. The molecule has 2 aromatic carbocycles. The maximum absolute atomic E-state index is 12.6. The van der Waals surface area contributed by atoms with Crippen LogP contribution < -0.4 is 5.43 Å². The average molecular weight is 423 g/mol. The highest BCUT2D eigenvalue weighted by Gasteiger charge is 2.29. The largest absolute Gasteiger partial charge is 0.295 e. The second-order valence-electron chi connectivity index (χ2n) is 6.34. The third-order valence-corrected chi connectivity index (χ3v) is 6.70. The highest BCUT2D eigenvalue weighted by atomic mass is 35.5. The summed E-state index contributed by atoms with van der Waals surface area (Å²) < 4.78 is 26.6. The Hall–Kier alpha value is -2.49. The molecule has 1 fully saturated rings. The van der Waals surface area contributed by atoms with Crippen molar-refractivity contribution in [2.75, 3.05) is 18.5 Å². The average Bonchev–Trinajstić information content (AvgIpc) is 3.22. The molecule has 1 N–H and O–H groups in total.